The summed E-state index contributed by atoms with van der Waals surface area (Å²) in [5.74, 6) is -0.141. The third-order valence-electron chi connectivity index (χ3n) is 4.52. The van der Waals surface area contributed by atoms with Crippen molar-refractivity contribution in [1.29, 1.82) is 0 Å². The van der Waals surface area contributed by atoms with E-state index in [4.69, 9.17) is 0 Å². The van der Waals surface area contributed by atoms with Gasteiger partial charge in [0.15, 0.2) is 0 Å². The highest BCUT2D eigenvalue weighted by Gasteiger charge is 2.30. The predicted octanol–water partition coefficient (Wildman–Crippen LogP) is 1.27. The summed E-state index contributed by atoms with van der Waals surface area (Å²) in [5, 5.41) is 2.57. The zero-order valence-electron chi connectivity index (χ0n) is 13.1. The highest BCUT2D eigenvalue weighted by molar-refractivity contribution is 6.01. The standard InChI is InChI=1S/C16H22N4O2/c1-12-7-8-18(2)13-5-3-4-6-14(13)19(12)9-10-20-15(21)11-17-16(20)22/h3-6,12H,7-11H2,1-2H3,(H,17,22). The minimum absolute atomic E-state index is 0.119. The van der Waals surface area contributed by atoms with Crippen molar-refractivity contribution in [3.63, 3.8) is 0 Å². The second kappa shape index (κ2) is 5.87. The van der Waals surface area contributed by atoms with Crippen LogP contribution in [0.3, 0.4) is 0 Å². The number of carbonyl (C=O) groups is 2. The third kappa shape index (κ3) is 2.61. The lowest BCUT2D eigenvalue weighted by atomic mass is 10.2. The van der Waals surface area contributed by atoms with Crippen molar-refractivity contribution in [2.75, 3.05) is 43.0 Å². The van der Waals surface area contributed by atoms with Gasteiger partial charge in [-0.25, -0.2) is 4.79 Å². The largest absolute Gasteiger partial charge is 0.373 e. The molecule has 1 fully saturated rings. The fourth-order valence-corrected chi connectivity index (χ4v) is 3.15. The molecule has 2 aliphatic heterocycles. The Morgan fingerprint density at radius 2 is 1.91 bits per heavy atom. The van der Waals surface area contributed by atoms with Crippen LogP contribution in [-0.2, 0) is 4.79 Å². The number of hydrogen-bond acceptors (Lipinski definition) is 4. The van der Waals surface area contributed by atoms with Crippen LogP contribution in [0.4, 0.5) is 16.2 Å². The molecule has 22 heavy (non-hydrogen) atoms. The Hall–Kier alpha value is -2.24. The summed E-state index contributed by atoms with van der Waals surface area (Å²) in [6.07, 6.45) is 1.05. The van der Waals surface area contributed by atoms with Crippen LogP contribution in [0.1, 0.15) is 13.3 Å². The third-order valence-corrected chi connectivity index (χ3v) is 4.52. The molecule has 0 saturated carbocycles. The lowest BCUT2D eigenvalue weighted by Crippen LogP contribution is -2.42. The number of carbonyl (C=O) groups excluding carboxylic acids is 2. The number of nitrogens with one attached hydrogen (secondary N) is 1. The van der Waals surface area contributed by atoms with Crippen molar-refractivity contribution in [3.8, 4) is 0 Å². The average Bonchev–Trinajstić information content (AvgIpc) is 2.78. The van der Waals surface area contributed by atoms with Gasteiger partial charge in [-0.3, -0.25) is 9.69 Å². The molecule has 0 aromatic heterocycles. The maximum Gasteiger partial charge on any atom is 0.324 e. The van der Waals surface area contributed by atoms with E-state index >= 15 is 0 Å². The lowest BCUT2D eigenvalue weighted by Gasteiger charge is -2.31. The Bertz CT molecular complexity index is 573. The molecular weight excluding hydrogens is 280 g/mol. The molecular formula is C16H22N4O2. The van der Waals surface area contributed by atoms with Gasteiger partial charge in [0.2, 0.25) is 5.91 Å². The van der Waals surface area contributed by atoms with E-state index < -0.39 is 0 Å². The number of hydrogen-bond donors (Lipinski definition) is 1. The van der Waals surface area contributed by atoms with Crippen LogP contribution in [0, 0.1) is 0 Å². The van der Waals surface area contributed by atoms with Crippen molar-refractivity contribution < 1.29 is 9.59 Å². The van der Waals surface area contributed by atoms with Crippen molar-refractivity contribution in [2.45, 2.75) is 19.4 Å². The molecule has 1 saturated heterocycles. The quantitative estimate of drug-likeness (QED) is 0.855. The molecule has 2 aliphatic rings. The van der Waals surface area contributed by atoms with E-state index in [0.717, 1.165) is 13.0 Å². The van der Waals surface area contributed by atoms with Gasteiger partial charge in [-0.2, -0.15) is 0 Å². The van der Waals surface area contributed by atoms with Gasteiger partial charge >= 0.3 is 6.03 Å². The van der Waals surface area contributed by atoms with E-state index in [2.05, 4.69) is 41.2 Å². The molecule has 1 aromatic rings. The van der Waals surface area contributed by atoms with Gasteiger partial charge in [0.05, 0.1) is 17.9 Å². The van der Waals surface area contributed by atoms with E-state index in [1.54, 1.807) is 0 Å². The smallest absolute Gasteiger partial charge is 0.324 e. The minimum Gasteiger partial charge on any atom is -0.373 e. The van der Waals surface area contributed by atoms with E-state index in [-0.39, 0.29) is 18.5 Å². The number of rotatable bonds is 3. The summed E-state index contributed by atoms with van der Waals surface area (Å²) in [7, 11) is 2.10. The van der Waals surface area contributed by atoms with E-state index in [0.29, 0.717) is 19.1 Å². The van der Waals surface area contributed by atoms with Crippen LogP contribution >= 0.6 is 0 Å². The number of para-hydroxylation sites is 2. The topological polar surface area (TPSA) is 55.9 Å². The Morgan fingerprint density at radius 3 is 2.59 bits per heavy atom. The van der Waals surface area contributed by atoms with Crippen molar-refractivity contribution in [3.05, 3.63) is 24.3 Å². The molecule has 0 bridgehead atoms. The second-order valence-corrected chi connectivity index (χ2v) is 5.95. The summed E-state index contributed by atoms with van der Waals surface area (Å²) in [6, 6.07) is 8.39. The fraction of sp³-hybridized carbons (Fsp3) is 0.500. The van der Waals surface area contributed by atoms with Gasteiger partial charge in [0, 0.05) is 32.7 Å². The van der Waals surface area contributed by atoms with E-state index in [1.807, 2.05) is 12.1 Å². The molecule has 6 heteroatoms. The molecule has 1 unspecified atom stereocenters. The predicted molar refractivity (Wildman–Crippen MR) is 86.2 cm³/mol. The number of urea groups is 1. The number of nitrogens with zero attached hydrogens (tertiary/aromatic N) is 3. The summed E-state index contributed by atoms with van der Waals surface area (Å²) < 4.78 is 0. The van der Waals surface area contributed by atoms with Gasteiger partial charge in [-0.05, 0) is 25.5 Å². The van der Waals surface area contributed by atoms with E-state index in [9.17, 15) is 9.59 Å². The van der Waals surface area contributed by atoms with Crippen LogP contribution in [0.2, 0.25) is 0 Å². The number of benzene rings is 1. The van der Waals surface area contributed by atoms with Crippen molar-refractivity contribution >= 4 is 23.3 Å². The van der Waals surface area contributed by atoms with Gasteiger partial charge < -0.3 is 15.1 Å². The number of anilines is 2. The first-order valence-corrected chi connectivity index (χ1v) is 7.73. The van der Waals surface area contributed by atoms with Gasteiger partial charge in [0.1, 0.15) is 0 Å². The Balaban J connectivity index is 1.80. The first kappa shape index (κ1) is 14.7. The molecule has 2 heterocycles. The molecule has 0 aliphatic carbocycles. The number of fused-ring (bicyclic) bond motifs is 1. The molecule has 0 spiro atoms. The molecule has 1 N–H and O–H groups in total. The molecule has 1 aromatic carbocycles. The second-order valence-electron chi connectivity index (χ2n) is 5.95. The normalized spacial score (nSPS) is 21.7. The minimum atomic E-state index is -0.280. The lowest BCUT2D eigenvalue weighted by molar-refractivity contribution is -0.124. The van der Waals surface area contributed by atoms with Gasteiger partial charge in [-0.1, -0.05) is 12.1 Å². The maximum atomic E-state index is 11.7. The first-order valence-electron chi connectivity index (χ1n) is 7.73. The number of amides is 3. The summed E-state index contributed by atoms with van der Waals surface area (Å²) in [5.41, 5.74) is 2.37. The fourth-order valence-electron chi connectivity index (χ4n) is 3.15. The molecule has 6 nitrogen and oxygen atoms in total. The summed E-state index contributed by atoms with van der Waals surface area (Å²) >= 11 is 0. The van der Waals surface area contributed by atoms with E-state index in [1.165, 1.54) is 16.3 Å². The molecule has 3 rings (SSSR count). The number of imide groups is 1. The Labute approximate surface area is 130 Å². The maximum absolute atomic E-state index is 11.7. The first-order chi connectivity index (χ1) is 10.6. The van der Waals surface area contributed by atoms with Crippen LogP contribution in [0.15, 0.2) is 24.3 Å². The molecule has 0 radical (unpaired) electrons. The van der Waals surface area contributed by atoms with Crippen LogP contribution in [0.5, 0.6) is 0 Å². The zero-order chi connectivity index (χ0) is 15.7. The van der Waals surface area contributed by atoms with Gasteiger partial charge in [0.25, 0.3) is 0 Å². The zero-order valence-corrected chi connectivity index (χ0v) is 13.1. The monoisotopic (exact) mass is 302 g/mol. The molecule has 1 atom stereocenters. The molecule has 3 amide bonds. The average molecular weight is 302 g/mol. The Kier molecular flexibility index (Phi) is 3.92. The Morgan fingerprint density at radius 1 is 1.18 bits per heavy atom. The molecule has 118 valence electrons. The highest BCUT2D eigenvalue weighted by Crippen LogP contribution is 2.33. The van der Waals surface area contributed by atoms with Crippen LogP contribution in [0.25, 0.3) is 0 Å². The van der Waals surface area contributed by atoms with Gasteiger partial charge in [-0.15, -0.1) is 0 Å². The summed E-state index contributed by atoms with van der Waals surface area (Å²) in [6.45, 7) is 4.39. The highest BCUT2D eigenvalue weighted by atomic mass is 16.2. The summed E-state index contributed by atoms with van der Waals surface area (Å²) in [4.78, 5) is 29.3. The SMILES string of the molecule is CC1CCN(C)c2ccccc2N1CCN1C(=O)CNC1=O. The van der Waals surface area contributed by atoms with Crippen molar-refractivity contribution in [1.82, 2.24) is 10.2 Å². The van der Waals surface area contributed by atoms with Crippen LogP contribution in [-0.4, -0.2) is 56.1 Å². The van der Waals surface area contributed by atoms with Crippen molar-refractivity contribution in [2.24, 2.45) is 0 Å². The van der Waals surface area contributed by atoms with Crippen LogP contribution < -0.4 is 15.1 Å².